The SMILES string of the molecule is CCNC(=NCCCCOc1ccccc1)N1CCCC(CC(N)=O)C1.I. The number of unbranched alkanes of at least 4 members (excludes halogenated alkanes) is 1. The summed E-state index contributed by atoms with van der Waals surface area (Å²) in [6, 6.07) is 9.89. The lowest BCUT2D eigenvalue weighted by atomic mass is 9.95. The minimum Gasteiger partial charge on any atom is -0.494 e. The smallest absolute Gasteiger partial charge is 0.217 e. The zero-order chi connectivity index (χ0) is 18.6. The Morgan fingerprint density at radius 2 is 2.11 bits per heavy atom. The average Bonchev–Trinajstić information content (AvgIpc) is 2.64. The molecule has 7 heteroatoms. The maximum atomic E-state index is 11.2. The van der Waals surface area contributed by atoms with Crippen molar-refractivity contribution in [2.24, 2.45) is 16.6 Å². The Labute approximate surface area is 179 Å². The highest BCUT2D eigenvalue weighted by Crippen LogP contribution is 2.19. The number of halogens is 1. The Bertz CT molecular complexity index is 568. The number of aliphatic imine (C=N–C) groups is 1. The molecular weight excluding hydrogens is 455 g/mol. The first kappa shape index (κ1) is 23.5. The third kappa shape index (κ3) is 9.30. The van der Waals surface area contributed by atoms with Gasteiger partial charge in [-0.15, -0.1) is 24.0 Å². The van der Waals surface area contributed by atoms with Crippen molar-refractivity contribution in [1.82, 2.24) is 10.2 Å². The number of para-hydroxylation sites is 1. The number of nitrogens with zero attached hydrogens (tertiary/aromatic N) is 2. The van der Waals surface area contributed by atoms with Crippen molar-refractivity contribution in [3.05, 3.63) is 30.3 Å². The predicted octanol–water partition coefficient (Wildman–Crippen LogP) is 3.02. The average molecular weight is 488 g/mol. The second-order valence-corrected chi connectivity index (χ2v) is 6.73. The molecule has 1 aliphatic heterocycles. The van der Waals surface area contributed by atoms with Crippen molar-refractivity contribution >= 4 is 35.8 Å². The number of nitrogens with two attached hydrogens (primary N) is 1. The first-order chi connectivity index (χ1) is 12.7. The second kappa shape index (κ2) is 13.6. The van der Waals surface area contributed by atoms with Gasteiger partial charge in [-0.3, -0.25) is 9.79 Å². The molecule has 1 aliphatic rings. The Balaban J connectivity index is 0.00000364. The van der Waals surface area contributed by atoms with Gasteiger partial charge in [-0.1, -0.05) is 18.2 Å². The van der Waals surface area contributed by atoms with Gasteiger partial charge in [0.2, 0.25) is 5.91 Å². The van der Waals surface area contributed by atoms with Gasteiger partial charge in [0.25, 0.3) is 0 Å². The maximum absolute atomic E-state index is 11.2. The van der Waals surface area contributed by atoms with E-state index >= 15 is 0 Å². The Morgan fingerprint density at radius 3 is 2.81 bits per heavy atom. The number of piperidine rings is 1. The van der Waals surface area contributed by atoms with Gasteiger partial charge in [0.05, 0.1) is 6.61 Å². The van der Waals surface area contributed by atoms with Crippen LogP contribution in [0.25, 0.3) is 0 Å². The lowest BCUT2D eigenvalue weighted by molar-refractivity contribution is -0.119. The highest BCUT2D eigenvalue weighted by atomic mass is 127. The molecule has 1 amide bonds. The number of benzene rings is 1. The third-order valence-electron chi connectivity index (χ3n) is 4.47. The number of hydrogen-bond donors (Lipinski definition) is 2. The zero-order valence-corrected chi connectivity index (χ0v) is 18.6. The third-order valence-corrected chi connectivity index (χ3v) is 4.47. The highest BCUT2D eigenvalue weighted by molar-refractivity contribution is 14.0. The van der Waals surface area contributed by atoms with Crippen LogP contribution in [0.5, 0.6) is 5.75 Å². The molecule has 1 unspecified atom stereocenters. The summed E-state index contributed by atoms with van der Waals surface area (Å²) >= 11 is 0. The summed E-state index contributed by atoms with van der Waals surface area (Å²) in [6.45, 7) is 6.24. The number of likely N-dealkylation sites (tertiary alicyclic amines) is 1. The van der Waals surface area contributed by atoms with Crippen molar-refractivity contribution < 1.29 is 9.53 Å². The minimum absolute atomic E-state index is 0. The molecule has 0 radical (unpaired) electrons. The molecule has 1 saturated heterocycles. The Morgan fingerprint density at radius 1 is 1.33 bits per heavy atom. The van der Waals surface area contributed by atoms with Gasteiger partial charge in [-0.2, -0.15) is 0 Å². The van der Waals surface area contributed by atoms with Gasteiger partial charge in [-0.05, 0) is 50.7 Å². The van der Waals surface area contributed by atoms with Crippen LogP contribution in [0.1, 0.15) is 39.0 Å². The summed E-state index contributed by atoms with van der Waals surface area (Å²) in [5.41, 5.74) is 5.36. The van der Waals surface area contributed by atoms with Gasteiger partial charge in [0.15, 0.2) is 5.96 Å². The molecule has 1 fully saturated rings. The van der Waals surface area contributed by atoms with Gasteiger partial charge in [0, 0.05) is 32.6 Å². The molecule has 1 aromatic rings. The molecule has 6 nitrogen and oxygen atoms in total. The monoisotopic (exact) mass is 488 g/mol. The summed E-state index contributed by atoms with van der Waals surface area (Å²) < 4.78 is 5.71. The van der Waals surface area contributed by atoms with Crippen molar-refractivity contribution in [3.63, 3.8) is 0 Å². The minimum atomic E-state index is -0.211. The van der Waals surface area contributed by atoms with Gasteiger partial charge < -0.3 is 20.7 Å². The predicted molar refractivity (Wildman–Crippen MR) is 121 cm³/mol. The van der Waals surface area contributed by atoms with Crippen molar-refractivity contribution in [1.29, 1.82) is 0 Å². The molecule has 0 spiro atoms. The Kier molecular flexibility index (Phi) is 11.9. The van der Waals surface area contributed by atoms with Gasteiger partial charge in [0.1, 0.15) is 5.75 Å². The molecule has 0 saturated carbocycles. The molecule has 0 bridgehead atoms. The second-order valence-electron chi connectivity index (χ2n) is 6.73. The summed E-state index contributed by atoms with van der Waals surface area (Å²) in [6.07, 6.45) is 4.57. The molecule has 1 aromatic carbocycles. The molecule has 3 N–H and O–H groups in total. The van der Waals surface area contributed by atoms with Crippen LogP contribution in [0.3, 0.4) is 0 Å². The molecule has 0 aromatic heterocycles. The first-order valence-electron chi connectivity index (χ1n) is 9.68. The largest absolute Gasteiger partial charge is 0.494 e. The van der Waals surface area contributed by atoms with Crippen LogP contribution in [0.15, 0.2) is 35.3 Å². The van der Waals surface area contributed by atoms with E-state index in [4.69, 9.17) is 15.5 Å². The van der Waals surface area contributed by atoms with Crippen LogP contribution in [0, 0.1) is 5.92 Å². The normalized spacial score (nSPS) is 17.1. The number of ether oxygens (including phenoxy) is 1. The Hall–Kier alpha value is -1.51. The summed E-state index contributed by atoms with van der Waals surface area (Å²) in [7, 11) is 0. The number of guanidine groups is 1. The topological polar surface area (TPSA) is 80.0 Å². The van der Waals surface area contributed by atoms with E-state index in [1.54, 1.807) is 0 Å². The van der Waals surface area contributed by atoms with Crippen LogP contribution in [-0.4, -0.2) is 49.6 Å². The molecule has 27 heavy (non-hydrogen) atoms. The summed E-state index contributed by atoms with van der Waals surface area (Å²) in [5, 5.41) is 3.37. The van der Waals surface area contributed by atoms with E-state index in [-0.39, 0.29) is 29.9 Å². The zero-order valence-electron chi connectivity index (χ0n) is 16.2. The van der Waals surface area contributed by atoms with Crippen LogP contribution in [0.2, 0.25) is 0 Å². The van der Waals surface area contributed by atoms with Gasteiger partial charge in [-0.25, -0.2) is 0 Å². The lowest BCUT2D eigenvalue weighted by Gasteiger charge is -2.34. The number of carbonyl (C=O) groups excluding carboxylic acids is 1. The molecule has 0 aliphatic carbocycles. The van der Waals surface area contributed by atoms with E-state index in [1.807, 2.05) is 30.3 Å². The quantitative estimate of drug-likeness (QED) is 0.243. The summed E-state index contributed by atoms with van der Waals surface area (Å²) in [5.74, 6) is 1.99. The first-order valence-corrected chi connectivity index (χ1v) is 9.68. The van der Waals surface area contributed by atoms with Crippen molar-refractivity contribution in [2.45, 2.75) is 39.0 Å². The fraction of sp³-hybridized carbons (Fsp3) is 0.600. The lowest BCUT2D eigenvalue weighted by Crippen LogP contribution is -2.47. The standard InChI is InChI=1S/C20H32N4O2.HI/c1-2-22-20(24-13-8-9-17(16-24)15-19(21)25)23-12-6-7-14-26-18-10-4-3-5-11-18;/h3-5,10-11,17H,2,6-9,12-16H2,1H3,(H2,21,25)(H,22,23);1H. The maximum Gasteiger partial charge on any atom is 0.217 e. The number of nitrogens with one attached hydrogen (secondary N) is 1. The van der Waals surface area contributed by atoms with E-state index in [0.717, 1.165) is 63.6 Å². The number of carbonyl (C=O) groups is 1. The number of hydrogen-bond acceptors (Lipinski definition) is 3. The van der Waals surface area contributed by atoms with E-state index in [0.29, 0.717) is 18.9 Å². The summed E-state index contributed by atoms with van der Waals surface area (Å²) in [4.78, 5) is 18.2. The van der Waals surface area contributed by atoms with E-state index < -0.39 is 0 Å². The van der Waals surface area contributed by atoms with Crippen molar-refractivity contribution in [3.8, 4) is 5.75 Å². The number of amides is 1. The molecule has 1 heterocycles. The molecule has 1 atom stereocenters. The van der Waals surface area contributed by atoms with Crippen LogP contribution < -0.4 is 15.8 Å². The number of primary amides is 1. The fourth-order valence-electron chi connectivity index (χ4n) is 3.24. The highest BCUT2D eigenvalue weighted by Gasteiger charge is 2.23. The van der Waals surface area contributed by atoms with E-state index in [2.05, 4.69) is 17.1 Å². The van der Waals surface area contributed by atoms with Crippen LogP contribution >= 0.6 is 24.0 Å². The van der Waals surface area contributed by atoms with Crippen LogP contribution in [-0.2, 0) is 4.79 Å². The van der Waals surface area contributed by atoms with Gasteiger partial charge >= 0.3 is 0 Å². The van der Waals surface area contributed by atoms with E-state index in [1.165, 1.54) is 0 Å². The molecule has 2 rings (SSSR count). The molecular formula is C20H33IN4O2. The van der Waals surface area contributed by atoms with E-state index in [9.17, 15) is 4.79 Å². The van der Waals surface area contributed by atoms with Crippen LogP contribution in [0.4, 0.5) is 0 Å². The van der Waals surface area contributed by atoms with Crippen molar-refractivity contribution in [2.75, 3.05) is 32.8 Å². The molecule has 152 valence electrons. The number of rotatable bonds is 9. The fourth-order valence-corrected chi connectivity index (χ4v) is 3.24.